The summed E-state index contributed by atoms with van der Waals surface area (Å²) in [6.07, 6.45) is 2.80. The predicted molar refractivity (Wildman–Crippen MR) is 92.4 cm³/mol. The van der Waals surface area contributed by atoms with Gasteiger partial charge in [0.15, 0.2) is 5.65 Å². The Kier molecular flexibility index (Phi) is 7.17. The van der Waals surface area contributed by atoms with Gasteiger partial charge in [-0.15, -0.1) is 0 Å². The van der Waals surface area contributed by atoms with E-state index in [1.807, 2.05) is 13.8 Å². The van der Waals surface area contributed by atoms with Crippen LogP contribution in [0.4, 0.5) is 4.39 Å². The average Bonchev–Trinajstić information content (AvgIpc) is 2.82. The maximum absolute atomic E-state index is 13.9. The number of halogens is 2. The van der Waals surface area contributed by atoms with Gasteiger partial charge < -0.3 is 4.74 Å². The lowest BCUT2D eigenvalue weighted by Crippen LogP contribution is -1.96. The van der Waals surface area contributed by atoms with Crippen molar-refractivity contribution in [2.45, 2.75) is 20.8 Å². The van der Waals surface area contributed by atoms with Crippen LogP contribution in [0.15, 0.2) is 12.1 Å². The van der Waals surface area contributed by atoms with Crippen LogP contribution in [0.3, 0.4) is 0 Å². The summed E-state index contributed by atoms with van der Waals surface area (Å²) < 4.78 is 20.0. The van der Waals surface area contributed by atoms with E-state index in [1.165, 1.54) is 19.3 Å². The summed E-state index contributed by atoms with van der Waals surface area (Å²) in [5, 5.41) is 4.96. The van der Waals surface area contributed by atoms with Crippen molar-refractivity contribution in [3.8, 4) is 0 Å². The topological polar surface area (TPSA) is 57.0 Å². The Labute approximate surface area is 137 Å². The molecule has 5 nitrogen and oxygen atoms in total. The number of hydrogen-bond donors (Lipinski definition) is 0. The Hall–Kier alpha value is -1.08. The first kappa shape index (κ1) is 18.0. The van der Waals surface area contributed by atoms with E-state index in [0.717, 1.165) is 11.8 Å². The molecule has 0 aliphatic heterocycles. The normalized spacial score (nSPS) is 11.1. The molecular weight excluding hydrogens is 407 g/mol. The molecule has 0 aliphatic rings. The van der Waals surface area contributed by atoms with E-state index in [0.29, 0.717) is 17.4 Å². The van der Waals surface area contributed by atoms with E-state index in [-0.39, 0.29) is 5.69 Å². The molecule has 2 aromatic heterocycles. The minimum atomic E-state index is -0.554. The number of aromatic nitrogens is 3. The first-order chi connectivity index (χ1) is 10.1. The molecule has 2 aromatic rings. The number of nitrogens with zero attached hydrogens (tertiary/aromatic N) is 3. The number of rotatable bonds is 3. The molecule has 2 heterocycles. The zero-order valence-corrected chi connectivity index (χ0v) is 15.3. The number of fused-ring (bicyclic) bond motifs is 1. The molecule has 1 atom stereocenters. The van der Waals surface area contributed by atoms with Gasteiger partial charge in [0.05, 0.1) is 19.2 Å². The number of ether oxygens (including phenoxy) is 1. The smallest absolute Gasteiger partial charge is 0.330 e. The number of pyridine rings is 1. The molecule has 21 heavy (non-hydrogen) atoms. The Balaban J connectivity index is 0.00000106. The largest absolute Gasteiger partial charge is 0.466 e. The van der Waals surface area contributed by atoms with Gasteiger partial charge in [0.25, 0.3) is 0 Å². The van der Waals surface area contributed by atoms with Crippen LogP contribution in [0.1, 0.15) is 25.2 Å². The Morgan fingerprint density at radius 1 is 1.52 bits per heavy atom. The number of hydrogen-bond acceptors (Lipinski definition) is 4. The zero-order chi connectivity index (χ0) is 16.0. The molecule has 0 bridgehead atoms. The molecule has 0 radical (unpaired) electrons. The zero-order valence-electron chi connectivity index (χ0n) is 12.1. The maximum atomic E-state index is 13.9. The lowest BCUT2D eigenvalue weighted by atomic mass is 10.2. The van der Waals surface area contributed by atoms with Gasteiger partial charge in [-0.3, -0.25) is 0 Å². The van der Waals surface area contributed by atoms with Crippen molar-refractivity contribution in [2.24, 2.45) is 0 Å². The lowest BCUT2D eigenvalue weighted by Gasteiger charge is -2.00. The van der Waals surface area contributed by atoms with Crippen LogP contribution in [-0.2, 0) is 9.53 Å². The Morgan fingerprint density at radius 2 is 2.19 bits per heavy atom. The molecule has 0 aliphatic carbocycles. The second-order valence-electron chi connectivity index (χ2n) is 3.66. The van der Waals surface area contributed by atoms with E-state index >= 15 is 0 Å². The number of carbonyl (C=O) groups is 1. The Bertz CT molecular complexity index is 673. The summed E-state index contributed by atoms with van der Waals surface area (Å²) in [5.41, 5.74) is 1.43. The fourth-order valence-electron chi connectivity index (χ4n) is 1.56. The molecule has 0 saturated carbocycles. The monoisotopic (exact) mass is 423 g/mol. The van der Waals surface area contributed by atoms with Crippen molar-refractivity contribution >= 4 is 51.5 Å². The van der Waals surface area contributed by atoms with Gasteiger partial charge in [0.2, 0.25) is 0 Å². The van der Waals surface area contributed by atoms with Crippen LogP contribution in [0.2, 0.25) is 0 Å². The van der Waals surface area contributed by atoms with Crippen molar-refractivity contribution in [3.05, 3.63) is 29.3 Å². The van der Waals surface area contributed by atoms with Crippen LogP contribution >= 0.6 is 28.4 Å². The molecule has 0 saturated heterocycles. The van der Waals surface area contributed by atoms with Crippen molar-refractivity contribution in [1.29, 1.82) is 0 Å². The van der Waals surface area contributed by atoms with Gasteiger partial charge in [-0.1, -0.05) is 13.8 Å². The van der Waals surface area contributed by atoms with Crippen LogP contribution in [0.5, 0.6) is 0 Å². The highest BCUT2D eigenvalue weighted by Crippen LogP contribution is 2.30. The van der Waals surface area contributed by atoms with Crippen molar-refractivity contribution in [2.75, 3.05) is 7.11 Å². The quantitative estimate of drug-likeness (QED) is 0.326. The fourth-order valence-corrected chi connectivity index (χ4v) is 3.01. The number of aryl methyl sites for hydroxylation is 1. The first-order valence-electron chi connectivity index (χ1n) is 6.25. The number of methoxy groups -OCH3 is 1. The van der Waals surface area contributed by atoms with Crippen LogP contribution < -0.4 is 0 Å². The van der Waals surface area contributed by atoms with Gasteiger partial charge in [0.1, 0.15) is 11.5 Å². The SMILES string of the molecule is CC.COC(=O)/C=C/c1nc2c(cc1F)c(C)nn2PI. The van der Waals surface area contributed by atoms with E-state index in [1.54, 1.807) is 11.4 Å². The third kappa shape index (κ3) is 4.20. The number of carbonyl (C=O) groups excluding carboxylic acids is 1. The van der Waals surface area contributed by atoms with E-state index in [9.17, 15) is 9.18 Å². The molecule has 0 spiro atoms. The molecule has 0 aromatic carbocycles. The summed E-state index contributed by atoms with van der Waals surface area (Å²) in [6.45, 7) is 5.81. The third-order valence-electron chi connectivity index (χ3n) is 2.48. The van der Waals surface area contributed by atoms with Gasteiger partial charge in [-0.2, -0.15) is 5.10 Å². The van der Waals surface area contributed by atoms with Crippen molar-refractivity contribution < 1.29 is 13.9 Å². The fraction of sp³-hybridized carbons (Fsp3) is 0.308. The summed E-state index contributed by atoms with van der Waals surface area (Å²) >= 11 is 2.18. The Morgan fingerprint density at radius 3 is 2.76 bits per heavy atom. The molecule has 114 valence electrons. The van der Waals surface area contributed by atoms with Gasteiger partial charge in [0, 0.05) is 11.5 Å². The van der Waals surface area contributed by atoms with E-state index < -0.39 is 11.8 Å². The molecule has 0 N–H and O–H groups in total. The van der Waals surface area contributed by atoms with Gasteiger partial charge in [-0.25, -0.2) is 18.6 Å². The minimum absolute atomic E-state index is 0.0914. The molecule has 0 fully saturated rings. The van der Waals surface area contributed by atoms with Gasteiger partial charge >= 0.3 is 5.97 Å². The minimum Gasteiger partial charge on any atom is -0.466 e. The molecule has 1 unspecified atom stereocenters. The summed E-state index contributed by atoms with van der Waals surface area (Å²) in [7, 11) is 1.26. The van der Waals surface area contributed by atoms with Crippen molar-refractivity contribution in [3.63, 3.8) is 0 Å². The molecule has 2 rings (SSSR count). The summed E-state index contributed by atoms with van der Waals surface area (Å²) in [4.78, 5) is 15.2. The molecule has 0 amide bonds. The average molecular weight is 423 g/mol. The van der Waals surface area contributed by atoms with Crippen LogP contribution in [0, 0.1) is 12.7 Å². The second-order valence-corrected chi connectivity index (χ2v) is 5.70. The summed E-state index contributed by atoms with van der Waals surface area (Å²) in [5.74, 6) is -1.05. The predicted octanol–water partition coefficient (Wildman–Crippen LogP) is 3.88. The highest BCUT2D eigenvalue weighted by atomic mass is 127. The highest BCUT2D eigenvalue weighted by molar-refractivity contribution is 14.2. The van der Waals surface area contributed by atoms with E-state index in [4.69, 9.17) is 0 Å². The van der Waals surface area contributed by atoms with Crippen LogP contribution in [0.25, 0.3) is 17.1 Å². The maximum Gasteiger partial charge on any atom is 0.330 e. The standard InChI is InChI=1S/C11H10FIN3O2P.C2H6/c1-6-7-5-8(12)9(3-4-10(17)18-2)14-11(7)16(15-6)19-13;1-2/h3-5,19H,1-2H3;1-2H3/b4-3+;. The molecule has 8 heteroatoms. The third-order valence-corrected chi connectivity index (χ3v) is 4.32. The number of esters is 1. The lowest BCUT2D eigenvalue weighted by molar-refractivity contribution is -0.134. The summed E-state index contributed by atoms with van der Waals surface area (Å²) in [6, 6.07) is 1.38. The van der Waals surface area contributed by atoms with Gasteiger partial charge in [-0.05, 0) is 41.1 Å². The first-order valence-corrected chi connectivity index (χ1v) is 10.3. The molecular formula is C13H16FIN3O2P. The van der Waals surface area contributed by atoms with E-state index in [2.05, 4.69) is 36.9 Å². The highest BCUT2D eigenvalue weighted by Gasteiger charge is 2.12. The van der Waals surface area contributed by atoms with Crippen LogP contribution in [-0.4, -0.2) is 27.6 Å². The van der Waals surface area contributed by atoms with Crippen molar-refractivity contribution in [1.82, 2.24) is 14.5 Å². The second kappa shape index (κ2) is 8.38.